The molecule has 202 valence electrons. The fourth-order valence-corrected chi connectivity index (χ4v) is 4.82. The Morgan fingerprint density at radius 1 is 0.795 bits per heavy atom. The average molecular weight is 549 g/mol. The number of aromatic nitrogens is 3. The number of hydrogen-bond acceptors (Lipinski definition) is 7. The van der Waals surface area contributed by atoms with Crippen molar-refractivity contribution in [2.75, 3.05) is 54.8 Å². The fraction of sp³-hybridized carbons (Fsp3) is 0.333. The van der Waals surface area contributed by atoms with E-state index in [1.165, 1.54) is 37.5 Å². The summed E-state index contributed by atoms with van der Waals surface area (Å²) in [5, 5.41) is 5.77. The van der Waals surface area contributed by atoms with Crippen molar-refractivity contribution in [2.24, 2.45) is 0 Å². The van der Waals surface area contributed by atoms with E-state index in [1.807, 2.05) is 4.90 Å². The quantitative estimate of drug-likeness (QED) is 0.439. The van der Waals surface area contributed by atoms with Gasteiger partial charge in [-0.2, -0.15) is 0 Å². The number of anilines is 3. The molecule has 4 amide bonds. The molecule has 11 nitrogen and oxygen atoms in total. The topological polar surface area (TPSA) is 124 Å². The van der Waals surface area contributed by atoms with Crippen LogP contribution < -0.4 is 15.5 Å². The Labute approximate surface area is 231 Å². The van der Waals surface area contributed by atoms with E-state index in [9.17, 15) is 14.4 Å². The molecule has 0 atom stereocenters. The van der Waals surface area contributed by atoms with Crippen LogP contribution in [-0.4, -0.2) is 81.9 Å². The van der Waals surface area contributed by atoms with Crippen LogP contribution in [-0.2, 0) is 0 Å². The van der Waals surface area contributed by atoms with Crippen molar-refractivity contribution in [3.05, 3.63) is 71.4 Å². The molecule has 1 aromatic carbocycles. The Morgan fingerprint density at radius 3 is 2.15 bits per heavy atom. The summed E-state index contributed by atoms with van der Waals surface area (Å²) in [6.07, 6.45) is 7.43. The first-order chi connectivity index (χ1) is 19.0. The van der Waals surface area contributed by atoms with E-state index in [2.05, 4.69) is 30.5 Å². The van der Waals surface area contributed by atoms with Crippen molar-refractivity contribution >= 4 is 46.6 Å². The second-order valence-electron chi connectivity index (χ2n) is 9.39. The van der Waals surface area contributed by atoms with Gasteiger partial charge in [0.15, 0.2) is 11.4 Å². The van der Waals surface area contributed by atoms with E-state index in [0.717, 1.165) is 44.8 Å². The van der Waals surface area contributed by atoms with E-state index < -0.39 is 11.8 Å². The zero-order valence-corrected chi connectivity index (χ0v) is 22.1. The number of nitrogens with one attached hydrogen (secondary N) is 2. The fourth-order valence-electron chi connectivity index (χ4n) is 4.71. The number of hydrogen-bond donors (Lipinski definition) is 2. The van der Waals surface area contributed by atoms with Crippen LogP contribution in [0.3, 0.4) is 0 Å². The summed E-state index contributed by atoms with van der Waals surface area (Å²) in [6.45, 7) is 5.26. The van der Waals surface area contributed by atoms with Gasteiger partial charge in [-0.3, -0.25) is 14.5 Å². The second-order valence-corrected chi connectivity index (χ2v) is 9.83. The van der Waals surface area contributed by atoms with Crippen LogP contribution in [0.2, 0.25) is 5.02 Å². The van der Waals surface area contributed by atoms with Gasteiger partial charge in [0.2, 0.25) is 0 Å². The predicted molar refractivity (Wildman–Crippen MR) is 148 cm³/mol. The first-order valence-electron chi connectivity index (χ1n) is 12.9. The zero-order valence-electron chi connectivity index (χ0n) is 21.3. The lowest BCUT2D eigenvalue weighted by Crippen LogP contribution is -2.51. The number of nitrogens with zero attached hydrogens (tertiary/aromatic N) is 6. The molecule has 0 unspecified atom stereocenters. The van der Waals surface area contributed by atoms with Gasteiger partial charge >= 0.3 is 6.03 Å². The molecule has 0 bridgehead atoms. The standard InChI is InChI=1S/C27H29ClN8O3/c28-19-4-9-22(31-18-19)33-26(38)24-23(29-10-11-30-24)25(37)32-20-5-7-21(8-6-20)36-15-3-14-35(27(36)39)17-16-34-12-1-2-13-34/h4-11,18H,1-3,12-17H2,(H,32,37)(H,31,33,38). The van der Waals surface area contributed by atoms with Crippen molar-refractivity contribution in [3.63, 3.8) is 0 Å². The molecule has 39 heavy (non-hydrogen) atoms. The molecule has 12 heteroatoms. The number of pyridine rings is 1. The first-order valence-corrected chi connectivity index (χ1v) is 13.3. The van der Waals surface area contributed by atoms with Crippen LogP contribution in [0.15, 0.2) is 55.0 Å². The third-order valence-electron chi connectivity index (χ3n) is 6.73. The van der Waals surface area contributed by atoms with Gasteiger partial charge in [-0.05, 0) is 68.8 Å². The molecular formula is C27H29ClN8O3. The van der Waals surface area contributed by atoms with Crippen LogP contribution in [0.5, 0.6) is 0 Å². The van der Waals surface area contributed by atoms with Crippen molar-refractivity contribution in [1.29, 1.82) is 0 Å². The molecule has 0 saturated carbocycles. The maximum atomic E-state index is 13.1. The largest absolute Gasteiger partial charge is 0.324 e. The summed E-state index contributed by atoms with van der Waals surface area (Å²) < 4.78 is 0. The van der Waals surface area contributed by atoms with Crippen LogP contribution >= 0.6 is 11.6 Å². The van der Waals surface area contributed by atoms with Crippen molar-refractivity contribution in [3.8, 4) is 0 Å². The van der Waals surface area contributed by atoms with Crippen molar-refractivity contribution in [1.82, 2.24) is 24.8 Å². The van der Waals surface area contributed by atoms with Gasteiger partial charge in [-0.1, -0.05) is 11.6 Å². The number of amides is 4. The number of halogens is 1. The number of likely N-dealkylation sites (tertiary alicyclic amines) is 1. The monoisotopic (exact) mass is 548 g/mol. The molecule has 4 heterocycles. The minimum Gasteiger partial charge on any atom is -0.323 e. The highest BCUT2D eigenvalue weighted by Crippen LogP contribution is 2.23. The maximum absolute atomic E-state index is 13.1. The van der Waals surface area contributed by atoms with E-state index in [4.69, 9.17) is 11.6 Å². The SMILES string of the molecule is O=C(Nc1ccc(N2CCCN(CCN3CCCC3)C2=O)cc1)c1nccnc1C(=O)Nc1ccc(Cl)cn1. The third-order valence-corrected chi connectivity index (χ3v) is 6.95. The Morgan fingerprint density at radius 2 is 1.49 bits per heavy atom. The van der Waals surface area contributed by atoms with Gasteiger partial charge in [-0.15, -0.1) is 0 Å². The summed E-state index contributed by atoms with van der Waals surface area (Å²) in [5.74, 6) is -0.956. The Hall–Kier alpha value is -4.09. The number of carbonyl (C=O) groups excluding carboxylic acids is 3. The maximum Gasteiger partial charge on any atom is 0.324 e. The number of carbonyl (C=O) groups is 3. The lowest BCUT2D eigenvalue weighted by atomic mass is 10.2. The summed E-state index contributed by atoms with van der Waals surface area (Å²) in [6, 6.07) is 10.2. The smallest absolute Gasteiger partial charge is 0.323 e. The number of benzene rings is 1. The molecule has 2 N–H and O–H groups in total. The Bertz CT molecular complexity index is 1330. The van der Waals surface area contributed by atoms with Crippen LogP contribution in [0.1, 0.15) is 40.2 Å². The minimum absolute atomic E-state index is 0.00243. The normalized spacial score (nSPS) is 15.9. The highest BCUT2D eigenvalue weighted by atomic mass is 35.5. The molecule has 0 aliphatic carbocycles. The molecule has 2 aromatic heterocycles. The summed E-state index contributed by atoms with van der Waals surface area (Å²) in [5.41, 5.74) is 0.985. The predicted octanol–water partition coefficient (Wildman–Crippen LogP) is 3.76. The second kappa shape index (κ2) is 12.2. The highest BCUT2D eigenvalue weighted by molar-refractivity contribution is 6.30. The molecule has 3 aromatic rings. The van der Waals surface area contributed by atoms with E-state index in [-0.39, 0.29) is 23.2 Å². The Kier molecular flexibility index (Phi) is 8.28. The van der Waals surface area contributed by atoms with Crippen molar-refractivity contribution < 1.29 is 14.4 Å². The summed E-state index contributed by atoms with van der Waals surface area (Å²) >= 11 is 5.84. The van der Waals surface area contributed by atoms with Crippen LogP contribution in [0.4, 0.5) is 22.0 Å². The van der Waals surface area contributed by atoms with E-state index in [1.54, 1.807) is 35.2 Å². The van der Waals surface area contributed by atoms with Gasteiger partial charge < -0.3 is 20.4 Å². The van der Waals surface area contributed by atoms with Gasteiger partial charge in [0.25, 0.3) is 11.8 Å². The summed E-state index contributed by atoms with van der Waals surface area (Å²) in [7, 11) is 0. The van der Waals surface area contributed by atoms with E-state index >= 15 is 0 Å². The molecule has 0 spiro atoms. The molecule has 0 radical (unpaired) electrons. The molecule has 2 fully saturated rings. The van der Waals surface area contributed by atoms with Gasteiger partial charge in [-0.25, -0.2) is 19.7 Å². The van der Waals surface area contributed by atoms with Crippen LogP contribution in [0.25, 0.3) is 0 Å². The van der Waals surface area contributed by atoms with Crippen molar-refractivity contribution in [2.45, 2.75) is 19.3 Å². The van der Waals surface area contributed by atoms with Crippen LogP contribution in [0, 0.1) is 0 Å². The summed E-state index contributed by atoms with van der Waals surface area (Å²) in [4.78, 5) is 57.1. The molecule has 2 saturated heterocycles. The third kappa shape index (κ3) is 6.50. The number of urea groups is 1. The zero-order chi connectivity index (χ0) is 27.2. The molecular weight excluding hydrogens is 520 g/mol. The average Bonchev–Trinajstić information content (AvgIpc) is 3.48. The minimum atomic E-state index is -0.628. The van der Waals surface area contributed by atoms with Gasteiger partial charge in [0, 0.05) is 56.1 Å². The lowest BCUT2D eigenvalue weighted by molar-refractivity contribution is 0.0982. The lowest BCUT2D eigenvalue weighted by Gasteiger charge is -2.36. The molecule has 2 aliphatic rings. The Balaban J connectivity index is 1.22. The van der Waals surface area contributed by atoms with E-state index in [0.29, 0.717) is 17.3 Å². The van der Waals surface area contributed by atoms with Gasteiger partial charge in [0.05, 0.1) is 5.02 Å². The molecule has 2 aliphatic heterocycles. The number of rotatable bonds is 8. The van der Waals surface area contributed by atoms with Gasteiger partial charge in [0.1, 0.15) is 5.82 Å². The highest BCUT2D eigenvalue weighted by Gasteiger charge is 2.27. The molecule has 5 rings (SSSR count). The first kappa shape index (κ1) is 26.5.